The Morgan fingerprint density at radius 2 is 1.80 bits per heavy atom. The molecule has 2 aromatic carbocycles. The number of amides is 1. The second-order valence-corrected chi connectivity index (χ2v) is 5.94. The van der Waals surface area contributed by atoms with E-state index in [1.54, 1.807) is 30.3 Å². The maximum Gasteiger partial charge on any atom is 0.342 e. The first-order valence-electron chi connectivity index (χ1n) is 8.04. The first-order chi connectivity index (χ1) is 12.1. The molecule has 0 unspecified atom stereocenters. The van der Waals surface area contributed by atoms with Crippen LogP contribution in [0.1, 0.15) is 28.8 Å². The van der Waals surface area contributed by atoms with Gasteiger partial charge in [0.25, 0.3) is 5.91 Å². The van der Waals surface area contributed by atoms with Gasteiger partial charge in [-0.2, -0.15) is 0 Å². The highest BCUT2D eigenvalue weighted by molar-refractivity contribution is 5.93. The summed E-state index contributed by atoms with van der Waals surface area (Å²) in [5, 5.41) is 9.64. The van der Waals surface area contributed by atoms with Crippen molar-refractivity contribution in [2.24, 2.45) is 0 Å². The number of carbonyl (C=O) groups excluding carboxylic acids is 2. The van der Waals surface area contributed by atoms with Crippen molar-refractivity contribution in [1.29, 1.82) is 0 Å². The summed E-state index contributed by atoms with van der Waals surface area (Å²) < 4.78 is 18.8. The van der Waals surface area contributed by atoms with Crippen molar-refractivity contribution in [3.05, 3.63) is 65.5 Å². The highest BCUT2D eigenvalue weighted by atomic mass is 19.1. The van der Waals surface area contributed by atoms with Gasteiger partial charge in [0.1, 0.15) is 17.1 Å². The van der Waals surface area contributed by atoms with E-state index in [0.717, 1.165) is 12.8 Å². The molecule has 2 aromatic rings. The van der Waals surface area contributed by atoms with Gasteiger partial charge in [0.2, 0.25) is 0 Å². The van der Waals surface area contributed by atoms with Crippen LogP contribution in [0.2, 0.25) is 0 Å². The van der Waals surface area contributed by atoms with Crippen LogP contribution in [0.5, 0.6) is 5.75 Å². The maximum atomic E-state index is 13.8. The number of aromatic hydroxyl groups is 1. The van der Waals surface area contributed by atoms with E-state index < -0.39 is 12.6 Å². The van der Waals surface area contributed by atoms with E-state index in [1.807, 2.05) is 0 Å². The number of hydrogen-bond donors (Lipinski definition) is 1. The van der Waals surface area contributed by atoms with Gasteiger partial charge in [-0.25, -0.2) is 9.18 Å². The van der Waals surface area contributed by atoms with E-state index in [9.17, 15) is 19.1 Å². The van der Waals surface area contributed by atoms with E-state index in [1.165, 1.54) is 23.1 Å². The summed E-state index contributed by atoms with van der Waals surface area (Å²) in [7, 11) is 0. The summed E-state index contributed by atoms with van der Waals surface area (Å²) in [6, 6.07) is 12.3. The highest BCUT2D eigenvalue weighted by Crippen LogP contribution is 2.29. The fraction of sp³-hybridized carbons (Fsp3) is 0.263. The summed E-state index contributed by atoms with van der Waals surface area (Å²) in [6.45, 7) is -0.303. The lowest BCUT2D eigenvalue weighted by Crippen LogP contribution is -2.36. The largest absolute Gasteiger partial charge is 0.507 e. The number of carbonyl (C=O) groups is 2. The third-order valence-electron chi connectivity index (χ3n) is 4.06. The van der Waals surface area contributed by atoms with Crippen LogP contribution >= 0.6 is 0 Å². The average Bonchev–Trinajstić information content (AvgIpc) is 3.44. The molecule has 1 fully saturated rings. The van der Waals surface area contributed by atoms with E-state index in [2.05, 4.69) is 0 Å². The Hall–Kier alpha value is -2.89. The van der Waals surface area contributed by atoms with Crippen molar-refractivity contribution in [2.45, 2.75) is 25.4 Å². The van der Waals surface area contributed by atoms with Crippen LogP contribution in [-0.4, -0.2) is 34.5 Å². The predicted octanol–water partition coefficient (Wildman–Crippen LogP) is 2.88. The SMILES string of the molecule is O=C(OCC(=O)N(Cc1ccccc1F)C1CC1)c1ccccc1O. The second kappa shape index (κ2) is 7.34. The minimum atomic E-state index is -0.770. The van der Waals surface area contributed by atoms with Crippen LogP contribution in [0.3, 0.4) is 0 Å². The number of nitrogens with zero attached hydrogens (tertiary/aromatic N) is 1. The minimum Gasteiger partial charge on any atom is -0.507 e. The first kappa shape index (κ1) is 17.0. The van der Waals surface area contributed by atoms with Crippen molar-refractivity contribution in [3.8, 4) is 5.75 Å². The number of halogens is 1. The molecule has 130 valence electrons. The summed E-state index contributed by atoms with van der Waals surface area (Å²) >= 11 is 0. The zero-order chi connectivity index (χ0) is 17.8. The maximum absolute atomic E-state index is 13.8. The van der Waals surface area contributed by atoms with Crippen molar-refractivity contribution in [1.82, 2.24) is 4.90 Å². The molecule has 25 heavy (non-hydrogen) atoms. The van der Waals surface area contributed by atoms with Gasteiger partial charge in [0.05, 0.1) is 0 Å². The fourth-order valence-corrected chi connectivity index (χ4v) is 2.55. The molecule has 1 saturated carbocycles. The van der Waals surface area contributed by atoms with Gasteiger partial charge >= 0.3 is 5.97 Å². The van der Waals surface area contributed by atoms with Gasteiger partial charge in [0.15, 0.2) is 6.61 Å². The smallest absolute Gasteiger partial charge is 0.342 e. The average molecular weight is 343 g/mol. The number of para-hydroxylation sites is 1. The quantitative estimate of drug-likeness (QED) is 0.819. The highest BCUT2D eigenvalue weighted by Gasteiger charge is 2.33. The Morgan fingerprint density at radius 3 is 2.48 bits per heavy atom. The summed E-state index contributed by atoms with van der Waals surface area (Å²) in [5.74, 6) is -1.72. The lowest BCUT2D eigenvalue weighted by Gasteiger charge is -2.22. The van der Waals surface area contributed by atoms with Crippen molar-refractivity contribution in [3.63, 3.8) is 0 Å². The monoisotopic (exact) mass is 343 g/mol. The van der Waals surface area contributed by atoms with Crippen LogP contribution in [-0.2, 0) is 16.1 Å². The molecule has 0 atom stereocenters. The number of phenolic OH excluding ortho intramolecular Hbond substituents is 1. The van der Waals surface area contributed by atoms with Crippen molar-refractivity contribution < 1.29 is 23.8 Å². The molecule has 0 aliphatic heterocycles. The molecule has 0 heterocycles. The van der Waals surface area contributed by atoms with Gasteiger partial charge < -0.3 is 14.7 Å². The van der Waals surface area contributed by atoms with Crippen LogP contribution in [0.15, 0.2) is 48.5 Å². The molecule has 1 amide bonds. The molecule has 0 bridgehead atoms. The standard InChI is InChI=1S/C19H18FNO4/c20-16-7-3-1-5-13(16)11-21(14-9-10-14)18(23)12-25-19(24)15-6-2-4-8-17(15)22/h1-8,14,22H,9-12H2. The van der Waals surface area contributed by atoms with E-state index in [4.69, 9.17) is 4.74 Å². The molecule has 0 saturated heterocycles. The topological polar surface area (TPSA) is 66.8 Å². The molecular formula is C19H18FNO4. The lowest BCUT2D eigenvalue weighted by atomic mass is 10.2. The number of hydrogen-bond acceptors (Lipinski definition) is 4. The van der Waals surface area contributed by atoms with Crippen molar-refractivity contribution in [2.75, 3.05) is 6.61 Å². The molecule has 1 aliphatic carbocycles. The van der Waals surface area contributed by atoms with Crippen LogP contribution in [0, 0.1) is 5.82 Å². The Balaban J connectivity index is 1.63. The van der Waals surface area contributed by atoms with Crippen LogP contribution in [0.25, 0.3) is 0 Å². The first-order valence-corrected chi connectivity index (χ1v) is 8.04. The zero-order valence-electron chi connectivity index (χ0n) is 13.5. The van der Waals surface area contributed by atoms with Gasteiger partial charge in [-0.05, 0) is 31.0 Å². The molecule has 1 aliphatic rings. The van der Waals surface area contributed by atoms with E-state index in [0.29, 0.717) is 5.56 Å². The Kier molecular flexibility index (Phi) is 4.97. The molecule has 0 spiro atoms. The normalized spacial score (nSPS) is 13.3. The Morgan fingerprint density at radius 1 is 1.12 bits per heavy atom. The summed E-state index contributed by atoms with van der Waals surface area (Å²) in [4.78, 5) is 25.9. The number of ether oxygens (including phenoxy) is 1. The summed E-state index contributed by atoms with van der Waals surface area (Å²) in [6.07, 6.45) is 1.71. The van der Waals surface area contributed by atoms with Gasteiger partial charge in [-0.3, -0.25) is 4.79 Å². The second-order valence-electron chi connectivity index (χ2n) is 5.94. The van der Waals surface area contributed by atoms with E-state index in [-0.39, 0.29) is 35.6 Å². The third-order valence-corrected chi connectivity index (χ3v) is 4.06. The molecule has 5 nitrogen and oxygen atoms in total. The van der Waals surface area contributed by atoms with Gasteiger partial charge in [-0.15, -0.1) is 0 Å². The molecule has 1 N–H and O–H groups in total. The summed E-state index contributed by atoms with van der Waals surface area (Å²) in [5.41, 5.74) is 0.428. The zero-order valence-corrected chi connectivity index (χ0v) is 13.5. The van der Waals surface area contributed by atoms with Crippen LogP contribution < -0.4 is 0 Å². The Bertz CT molecular complexity index is 788. The molecular weight excluding hydrogens is 325 g/mol. The molecule has 0 radical (unpaired) electrons. The third kappa shape index (κ3) is 4.15. The predicted molar refractivity (Wildman–Crippen MR) is 88.4 cm³/mol. The van der Waals surface area contributed by atoms with Gasteiger partial charge in [-0.1, -0.05) is 30.3 Å². The number of benzene rings is 2. The van der Waals surface area contributed by atoms with Crippen molar-refractivity contribution >= 4 is 11.9 Å². The Labute approximate surface area is 144 Å². The fourth-order valence-electron chi connectivity index (χ4n) is 2.55. The van der Waals surface area contributed by atoms with Crippen LogP contribution in [0.4, 0.5) is 4.39 Å². The molecule has 0 aromatic heterocycles. The molecule has 3 rings (SSSR count). The lowest BCUT2D eigenvalue weighted by molar-refractivity contribution is -0.135. The van der Waals surface area contributed by atoms with Gasteiger partial charge in [0, 0.05) is 18.2 Å². The number of esters is 1. The number of phenols is 1. The van der Waals surface area contributed by atoms with E-state index >= 15 is 0 Å². The molecule has 6 heteroatoms. The minimum absolute atomic E-state index is 0.00220. The number of rotatable bonds is 6.